The van der Waals surface area contributed by atoms with Gasteiger partial charge in [0.2, 0.25) is 0 Å². The lowest BCUT2D eigenvalue weighted by molar-refractivity contribution is 0.250. The number of sulfone groups is 1. The number of carbonyl (C=O) groups is 1. The predicted octanol–water partition coefficient (Wildman–Crippen LogP) is 3.02. The van der Waals surface area contributed by atoms with E-state index in [0.29, 0.717) is 23.1 Å². The molecule has 0 spiro atoms. The fourth-order valence-electron chi connectivity index (χ4n) is 2.50. The largest absolute Gasteiger partial charge is 0.337 e. The summed E-state index contributed by atoms with van der Waals surface area (Å²) in [4.78, 5) is 16.3. The van der Waals surface area contributed by atoms with Crippen LogP contribution in [0.15, 0.2) is 29.6 Å². The van der Waals surface area contributed by atoms with Crippen molar-refractivity contribution in [3.05, 3.63) is 34.7 Å². The van der Waals surface area contributed by atoms with Crippen LogP contribution in [-0.2, 0) is 9.84 Å². The van der Waals surface area contributed by atoms with Gasteiger partial charge in [0, 0.05) is 22.5 Å². The monoisotopic (exact) mass is 385 g/mol. The van der Waals surface area contributed by atoms with Gasteiger partial charge in [0.25, 0.3) is 0 Å². The van der Waals surface area contributed by atoms with E-state index in [1.54, 1.807) is 12.1 Å². The zero-order chi connectivity index (χ0) is 17.2. The van der Waals surface area contributed by atoms with E-state index in [9.17, 15) is 13.2 Å². The van der Waals surface area contributed by atoms with Crippen LogP contribution in [0.4, 0.5) is 9.93 Å². The van der Waals surface area contributed by atoms with Gasteiger partial charge in [0.15, 0.2) is 15.0 Å². The van der Waals surface area contributed by atoms with Gasteiger partial charge < -0.3 is 5.32 Å². The average molecular weight is 386 g/mol. The van der Waals surface area contributed by atoms with E-state index in [-0.39, 0.29) is 23.5 Å². The lowest BCUT2D eigenvalue weighted by Crippen LogP contribution is -2.33. The van der Waals surface area contributed by atoms with Crippen LogP contribution in [0.1, 0.15) is 6.42 Å². The predicted molar refractivity (Wildman–Crippen MR) is 96.3 cm³/mol. The molecule has 1 aromatic heterocycles. The highest BCUT2D eigenvalue weighted by atomic mass is 35.5. The second kappa shape index (κ2) is 7.08. The number of amides is 2. The molecule has 1 saturated heterocycles. The van der Waals surface area contributed by atoms with Gasteiger partial charge in [-0.05, 0) is 24.5 Å². The Bertz CT molecular complexity index is 834. The van der Waals surface area contributed by atoms with Crippen molar-refractivity contribution >= 4 is 43.9 Å². The quantitative estimate of drug-likeness (QED) is 0.846. The second-order valence-corrected chi connectivity index (χ2v) is 9.17. The third-order valence-electron chi connectivity index (χ3n) is 3.74. The fraction of sp³-hybridized carbons (Fsp3) is 0.333. The first-order chi connectivity index (χ1) is 11.4. The molecule has 1 atom stereocenters. The second-order valence-electron chi connectivity index (χ2n) is 5.65. The molecule has 2 heterocycles. The Balaban J connectivity index is 1.53. The molecule has 1 aliphatic rings. The Hall–Kier alpha value is -1.64. The van der Waals surface area contributed by atoms with Crippen molar-refractivity contribution in [2.45, 2.75) is 6.42 Å². The molecule has 0 aliphatic carbocycles. The van der Waals surface area contributed by atoms with E-state index >= 15 is 0 Å². The summed E-state index contributed by atoms with van der Waals surface area (Å²) in [5, 5.41) is 8.36. The smallest absolute Gasteiger partial charge is 0.321 e. The highest BCUT2D eigenvalue weighted by Gasteiger charge is 2.27. The summed E-state index contributed by atoms with van der Waals surface area (Å²) in [6, 6.07) is 6.91. The highest BCUT2D eigenvalue weighted by Crippen LogP contribution is 2.26. The van der Waals surface area contributed by atoms with Crippen LogP contribution in [0.25, 0.3) is 11.3 Å². The first-order valence-corrected chi connectivity index (χ1v) is 10.5. The number of urea groups is 1. The van der Waals surface area contributed by atoms with Crippen molar-refractivity contribution in [3.63, 3.8) is 0 Å². The van der Waals surface area contributed by atoms with Gasteiger partial charge in [-0.25, -0.2) is 18.2 Å². The molecule has 0 unspecified atom stereocenters. The third kappa shape index (κ3) is 4.46. The number of hydrogen-bond donors (Lipinski definition) is 2. The molecule has 0 saturated carbocycles. The average Bonchev–Trinajstić information content (AvgIpc) is 3.12. The minimum atomic E-state index is -2.92. The maximum absolute atomic E-state index is 11.9. The van der Waals surface area contributed by atoms with E-state index < -0.39 is 9.84 Å². The number of nitrogens with zero attached hydrogens (tertiary/aromatic N) is 1. The Morgan fingerprint density at radius 2 is 2.08 bits per heavy atom. The van der Waals surface area contributed by atoms with Crippen LogP contribution in [-0.4, -0.2) is 37.5 Å². The zero-order valence-corrected chi connectivity index (χ0v) is 15.0. The van der Waals surface area contributed by atoms with Crippen molar-refractivity contribution in [1.29, 1.82) is 0 Å². The molecule has 1 aliphatic heterocycles. The van der Waals surface area contributed by atoms with Gasteiger partial charge in [-0.2, -0.15) is 0 Å². The van der Waals surface area contributed by atoms with Crippen LogP contribution in [0, 0.1) is 5.92 Å². The standard InChI is InChI=1S/C15H16ClN3O3S2/c16-12-3-1-11(2-4-12)13-8-23-15(18-13)19-14(20)17-7-10-5-6-24(21,22)9-10/h1-4,8,10H,5-7,9H2,(H2,17,18,19,20)/t10-/m1/s1. The van der Waals surface area contributed by atoms with Gasteiger partial charge in [0.1, 0.15) is 0 Å². The zero-order valence-electron chi connectivity index (χ0n) is 12.7. The molecule has 2 aromatic rings. The molecule has 0 bridgehead atoms. The minimum Gasteiger partial charge on any atom is -0.337 e. The number of anilines is 1. The van der Waals surface area contributed by atoms with E-state index in [4.69, 9.17) is 11.6 Å². The van der Waals surface area contributed by atoms with Crippen LogP contribution < -0.4 is 10.6 Å². The van der Waals surface area contributed by atoms with E-state index in [1.165, 1.54) is 11.3 Å². The van der Waals surface area contributed by atoms with Crippen molar-refractivity contribution in [2.75, 3.05) is 23.4 Å². The SMILES string of the molecule is O=C(NC[C@H]1CCS(=O)(=O)C1)Nc1nc(-c2ccc(Cl)cc2)cs1. The Kier molecular flexibility index (Phi) is 5.07. The van der Waals surface area contributed by atoms with Crippen molar-refractivity contribution in [2.24, 2.45) is 5.92 Å². The minimum absolute atomic E-state index is 0.0123. The van der Waals surface area contributed by atoms with Gasteiger partial charge in [-0.3, -0.25) is 5.32 Å². The third-order valence-corrected chi connectivity index (χ3v) is 6.59. The lowest BCUT2D eigenvalue weighted by Gasteiger charge is -2.09. The highest BCUT2D eigenvalue weighted by molar-refractivity contribution is 7.91. The summed E-state index contributed by atoms with van der Waals surface area (Å²) in [5.74, 6) is 0.338. The van der Waals surface area contributed by atoms with Crippen LogP contribution in [0.2, 0.25) is 5.02 Å². The number of aromatic nitrogens is 1. The summed E-state index contributed by atoms with van der Waals surface area (Å²) in [5.41, 5.74) is 1.68. The molecule has 1 fully saturated rings. The van der Waals surface area contributed by atoms with Crippen molar-refractivity contribution in [3.8, 4) is 11.3 Å². The molecule has 2 N–H and O–H groups in total. The summed E-state index contributed by atoms with van der Waals surface area (Å²) in [7, 11) is -2.92. The Labute approximate surface area is 149 Å². The molecule has 2 amide bonds. The maximum Gasteiger partial charge on any atom is 0.321 e. The lowest BCUT2D eigenvalue weighted by atomic mass is 10.1. The normalized spacial score (nSPS) is 19.1. The molecule has 1 aromatic carbocycles. The first kappa shape index (κ1) is 17.2. The van der Waals surface area contributed by atoms with Gasteiger partial charge >= 0.3 is 6.03 Å². The number of benzene rings is 1. The topological polar surface area (TPSA) is 88.2 Å². The summed E-state index contributed by atoms with van der Waals surface area (Å²) < 4.78 is 22.8. The summed E-state index contributed by atoms with van der Waals surface area (Å²) in [6.07, 6.45) is 0.598. The maximum atomic E-state index is 11.9. The fourth-order valence-corrected chi connectivity index (χ4v) is 5.20. The molecular formula is C15H16ClN3O3S2. The number of hydrogen-bond acceptors (Lipinski definition) is 5. The molecule has 0 radical (unpaired) electrons. The van der Waals surface area contributed by atoms with Crippen LogP contribution in [0.5, 0.6) is 0 Å². The summed E-state index contributed by atoms with van der Waals surface area (Å²) >= 11 is 7.18. The molecule has 9 heteroatoms. The van der Waals surface area contributed by atoms with E-state index in [2.05, 4.69) is 15.6 Å². The molecule has 6 nitrogen and oxygen atoms in total. The number of halogens is 1. The van der Waals surface area contributed by atoms with Crippen molar-refractivity contribution < 1.29 is 13.2 Å². The first-order valence-electron chi connectivity index (χ1n) is 7.38. The van der Waals surface area contributed by atoms with Crippen molar-refractivity contribution in [1.82, 2.24) is 10.3 Å². The number of rotatable bonds is 4. The van der Waals surface area contributed by atoms with Crippen LogP contribution in [0.3, 0.4) is 0 Å². The van der Waals surface area contributed by atoms with Gasteiger partial charge in [-0.1, -0.05) is 23.7 Å². The number of carbonyl (C=O) groups excluding carboxylic acids is 1. The van der Waals surface area contributed by atoms with E-state index in [0.717, 1.165) is 11.3 Å². The van der Waals surface area contributed by atoms with Gasteiger partial charge in [0.05, 0.1) is 17.2 Å². The number of nitrogens with one attached hydrogen (secondary N) is 2. The van der Waals surface area contributed by atoms with Gasteiger partial charge in [-0.15, -0.1) is 11.3 Å². The molecule has 128 valence electrons. The Morgan fingerprint density at radius 1 is 1.33 bits per heavy atom. The molecule has 3 rings (SSSR count). The van der Waals surface area contributed by atoms with E-state index in [1.807, 2.05) is 17.5 Å². The molecule has 24 heavy (non-hydrogen) atoms. The number of thiazole rings is 1. The summed E-state index contributed by atoms with van der Waals surface area (Å²) in [6.45, 7) is 0.348. The van der Waals surface area contributed by atoms with Crippen LogP contribution >= 0.6 is 22.9 Å². The molecular weight excluding hydrogens is 370 g/mol. The Morgan fingerprint density at radius 3 is 2.75 bits per heavy atom.